The van der Waals surface area contributed by atoms with Gasteiger partial charge in [0.1, 0.15) is 5.76 Å². The average molecular weight is 400 g/mol. The molecule has 2 aromatic carbocycles. The quantitative estimate of drug-likeness (QED) is 0.454. The van der Waals surface area contributed by atoms with E-state index in [0.29, 0.717) is 11.3 Å². The molecule has 2 aliphatic heterocycles. The van der Waals surface area contributed by atoms with E-state index in [9.17, 15) is 18.8 Å². The van der Waals surface area contributed by atoms with Gasteiger partial charge in [0.05, 0.1) is 4.98 Å². The lowest BCUT2D eigenvalue weighted by atomic mass is 9.99. The van der Waals surface area contributed by atoms with Crippen LogP contribution in [0.5, 0.6) is 6.01 Å². The standard InChI is InChI=1S/C19H11ClN2O6/c23-17-16-14(12-7-3-1-4-8-12)11-15(13-9-5-2-6-10-13)27-18(16)22-19(21-17)28-20(24,25)26/h1-11H/p+1. The summed E-state index contributed by atoms with van der Waals surface area (Å²) in [4.78, 5) is 18.5. The van der Waals surface area contributed by atoms with Gasteiger partial charge in [-0.25, -0.2) is 4.79 Å². The summed E-state index contributed by atoms with van der Waals surface area (Å²) in [7, 11) is -4.82. The van der Waals surface area contributed by atoms with E-state index in [4.69, 9.17) is 4.42 Å². The lowest BCUT2D eigenvalue weighted by Gasteiger charge is -2.11. The molecule has 28 heavy (non-hydrogen) atoms. The minimum Gasteiger partial charge on any atom is -0.422 e. The molecule has 0 radical (unpaired) electrons. The number of aromatic nitrogens is 2. The van der Waals surface area contributed by atoms with Gasteiger partial charge in [-0.2, -0.15) is 19.0 Å². The predicted octanol–water partition coefficient (Wildman–Crippen LogP) is -0.436. The van der Waals surface area contributed by atoms with Gasteiger partial charge in [0.25, 0.3) is 0 Å². The Morgan fingerprint density at radius 2 is 1.54 bits per heavy atom. The molecule has 0 saturated carbocycles. The number of rotatable bonds is 4. The van der Waals surface area contributed by atoms with Crippen molar-refractivity contribution >= 4 is 0 Å². The lowest BCUT2D eigenvalue weighted by molar-refractivity contribution is -1.91. The third-order valence-electron chi connectivity index (χ3n) is 3.93. The highest BCUT2D eigenvalue weighted by Gasteiger charge is 2.35. The van der Waals surface area contributed by atoms with Crippen molar-refractivity contribution in [1.29, 1.82) is 0 Å². The van der Waals surface area contributed by atoms with Crippen LogP contribution < -0.4 is 28.8 Å². The number of H-pyrrole nitrogens is 1. The van der Waals surface area contributed by atoms with E-state index < -0.39 is 21.8 Å². The molecule has 9 heteroatoms. The molecule has 2 aromatic rings. The minimum absolute atomic E-state index is 0.0749. The summed E-state index contributed by atoms with van der Waals surface area (Å²) < 4.78 is 42.4. The van der Waals surface area contributed by atoms with Gasteiger partial charge in [-0.3, -0.25) is 0 Å². The van der Waals surface area contributed by atoms with E-state index in [1.165, 1.54) is 0 Å². The molecule has 0 saturated heterocycles. The van der Waals surface area contributed by atoms with Gasteiger partial charge in [0.15, 0.2) is 15.8 Å². The van der Waals surface area contributed by atoms with Crippen molar-refractivity contribution in [2.24, 2.45) is 0 Å². The highest BCUT2D eigenvalue weighted by molar-refractivity contribution is 5.82. The Morgan fingerprint density at radius 3 is 2.14 bits per heavy atom. The highest BCUT2D eigenvalue weighted by atomic mass is 35.7. The summed E-state index contributed by atoms with van der Waals surface area (Å²) in [6, 6.07) is 19.1. The highest BCUT2D eigenvalue weighted by Crippen LogP contribution is 2.34. The second-order valence-electron chi connectivity index (χ2n) is 5.76. The van der Waals surface area contributed by atoms with E-state index in [-0.39, 0.29) is 11.5 Å². The van der Waals surface area contributed by atoms with Crippen LogP contribution in [0.4, 0.5) is 0 Å². The van der Waals surface area contributed by atoms with Crippen molar-refractivity contribution in [3.05, 3.63) is 77.1 Å². The first kappa shape index (κ1) is 18.1. The average Bonchev–Trinajstić information content (AvgIpc) is 2.67. The Balaban J connectivity index is 2.00. The minimum atomic E-state index is -4.82. The SMILES string of the molecule is O=c1nc(O[Cl+3]([O-])([O-])[O-])[nH+]c2oc(-c3ccccc3)cc(-c3ccccc3)c1-2. The number of nitrogens with zero attached hydrogens (tertiary/aromatic N) is 1. The second kappa shape index (κ2) is 7.02. The van der Waals surface area contributed by atoms with Crippen LogP contribution in [0.25, 0.3) is 33.9 Å². The molecule has 8 nitrogen and oxygen atoms in total. The van der Waals surface area contributed by atoms with Crippen LogP contribution in [0.15, 0.2) is 75.9 Å². The van der Waals surface area contributed by atoms with Crippen LogP contribution in [-0.2, 0) is 0 Å². The molecule has 0 aliphatic carbocycles. The number of hydrogen-bond acceptors (Lipinski definition) is 7. The summed E-state index contributed by atoms with van der Waals surface area (Å²) in [6.45, 7) is 0. The molecule has 1 N–H and O–H groups in total. The topological polar surface area (TPSA) is 136 Å². The zero-order chi connectivity index (χ0) is 19.7. The Labute approximate surface area is 160 Å². The number of aromatic amines is 1. The Bertz CT molecular complexity index is 1140. The van der Waals surface area contributed by atoms with Crippen LogP contribution in [-0.4, -0.2) is 4.98 Å². The first-order valence-corrected chi connectivity index (χ1v) is 9.26. The molecule has 140 valence electrons. The number of benzene rings is 2. The maximum Gasteiger partial charge on any atom is 0.648 e. The molecule has 0 unspecified atom stereocenters. The molecule has 0 spiro atoms. The van der Waals surface area contributed by atoms with E-state index in [2.05, 4.69) is 14.3 Å². The first-order valence-electron chi connectivity index (χ1n) is 8.03. The summed E-state index contributed by atoms with van der Waals surface area (Å²) in [5, 5.41) is 0. The second-order valence-corrected chi connectivity index (χ2v) is 6.67. The summed E-state index contributed by atoms with van der Waals surface area (Å²) in [6.07, 6.45) is 0. The number of halogens is 1. The van der Waals surface area contributed by atoms with Crippen LogP contribution in [0, 0.1) is 10.2 Å². The van der Waals surface area contributed by atoms with Crippen LogP contribution in [0.1, 0.15) is 0 Å². The van der Waals surface area contributed by atoms with Crippen LogP contribution in [0.2, 0.25) is 0 Å². The van der Waals surface area contributed by atoms with Crippen molar-refractivity contribution < 1.29 is 37.9 Å². The van der Waals surface area contributed by atoms with Gasteiger partial charge in [0.2, 0.25) is 0 Å². The molecule has 0 bridgehead atoms. The normalized spacial score (nSPS) is 11.5. The Morgan fingerprint density at radius 1 is 0.929 bits per heavy atom. The molecular formula is C19H12ClN2O6+. The van der Waals surface area contributed by atoms with E-state index in [1.807, 2.05) is 60.7 Å². The number of fused-ring (bicyclic) bond motifs is 1. The number of hydrogen-bond donors (Lipinski definition) is 0. The van der Waals surface area contributed by atoms with Gasteiger partial charge in [-0.1, -0.05) is 60.7 Å². The van der Waals surface area contributed by atoms with Crippen LogP contribution >= 0.6 is 0 Å². The van der Waals surface area contributed by atoms with Crippen molar-refractivity contribution in [2.75, 3.05) is 0 Å². The van der Waals surface area contributed by atoms with Gasteiger partial charge < -0.3 is 4.42 Å². The fourth-order valence-electron chi connectivity index (χ4n) is 2.81. The lowest BCUT2D eigenvalue weighted by Crippen LogP contribution is -2.64. The zero-order valence-electron chi connectivity index (χ0n) is 14.1. The molecule has 0 atom stereocenters. The maximum absolute atomic E-state index is 12.6. The molecule has 0 amide bonds. The van der Waals surface area contributed by atoms with Gasteiger partial charge >= 0.3 is 17.5 Å². The smallest absolute Gasteiger partial charge is 0.422 e. The molecular weight excluding hydrogens is 388 g/mol. The third kappa shape index (κ3) is 3.71. The fraction of sp³-hybridized carbons (Fsp3) is 0. The molecule has 0 aromatic heterocycles. The summed E-state index contributed by atoms with van der Waals surface area (Å²) in [5.41, 5.74) is 1.29. The monoisotopic (exact) mass is 399 g/mol. The van der Waals surface area contributed by atoms with Gasteiger partial charge in [-0.05, 0) is 11.6 Å². The summed E-state index contributed by atoms with van der Waals surface area (Å²) >= 11 is 0. The Kier molecular flexibility index (Phi) is 4.54. The number of nitrogens with one attached hydrogen (secondary N) is 1. The fourth-order valence-corrected chi connectivity index (χ4v) is 3.06. The van der Waals surface area contributed by atoms with Gasteiger partial charge in [0, 0.05) is 15.4 Å². The zero-order valence-corrected chi connectivity index (χ0v) is 14.9. The third-order valence-corrected chi connectivity index (χ3v) is 4.27. The summed E-state index contributed by atoms with van der Waals surface area (Å²) in [5.74, 6) is 0.344. The van der Waals surface area contributed by atoms with Crippen LogP contribution in [0.3, 0.4) is 0 Å². The van der Waals surface area contributed by atoms with E-state index >= 15 is 0 Å². The largest absolute Gasteiger partial charge is 0.648 e. The molecule has 2 aliphatic rings. The Hall–Kier alpha value is -3.30. The predicted molar refractivity (Wildman–Crippen MR) is 87.5 cm³/mol. The first-order chi connectivity index (χ1) is 13.4. The molecule has 2 heterocycles. The molecule has 0 fully saturated rings. The van der Waals surface area contributed by atoms with Crippen molar-refractivity contribution in [2.45, 2.75) is 0 Å². The van der Waals surface area contributed by atoms with Crippen molar-refractivity contribution in [1.82, 2.24) is 4.98 Å². The van der Waals surface area contributed by atoms with Crippen molar-refractivity contribution in [3.8, 4) is 39.9 Å². The van der Waals surface area contributed by atoms with Gasteiger partial charge in [-0.15, -0.1) is 0 Å². The van der Waals surface area contributed by atoms with E-state index in [1.54, 1.807) is 6.07 Å². The van der Waals surface area contributed by atoms with Crippen molar-refractivity contribution in [3.63, 3.8) is 0 Å². The molecule has 4 rings (SSSR count). The van der Waals surface area contributed by atoms with E-state index in [0.717, 1.165) is 11.1 Å². The maximum atomic E-state index is 12.6.